The van der Waals surface area contributed by atoms with E-state index in [1.807, 2.05) is 0 Å². The van der Waals surface area contributed by atoms with Gasteiger partial charge in [-0.3, -0.25) is 4.55 Å². The highest BCUT2D eigenvalue weighted by molar-refractivity contribution is 7.81. The SMILES string of the molecule is COC(=Cc1ccc(OS(=O)(=O)O)cc1)C([O])=O. The molecule has 1 radical (unpaired) electrons. The predicted octanol–water partition coefficient (Wildman–Crippen LogP) is 0.813. The van der Waals surface area contributed by atoms with E-state index >= 15 is 0 Å². The third-order valence-corrected chi connectivity index (χ3v) is 2.20. The molecule has 7 nitrogen and oxygen atoms in total. The number of hydrogen-bond acceptors (Lipinski definition) is 5. The lowest BCUT2D eigenvalue weighted by atomic mass is 10.2. The number of carbonyl (C=O) groups excluding carboxylic acids is 1. The molecule has 0 heterocycles. The molecule has 0 aliphatic carbocycles. The van der Waals surface area contributed by atoms with E-state index < -0.39 is 16.4 Å². The highest BCUT2D eigenvalue weighted by Gasteiger charge is 2.10. The molecule has 0 saturated carbocycles. The van der Waals surface area contributed by atoms with Crippen molar-refractivity contribution in [2.45, 2.75) is 0 Å². The van der Waals surface area contributed by atoms with Crippen LogP contribution in [-0.4, -0.2) is 26.0 Å². The Kier molecular flexibility index (Phi) is 4.29. The van der Waals surface area contributed by atoms with Crippen molar-refractivity contribution in [3.63, 3.8) is 0 Å². The van der Waals surface area contributed by atoms with E-state index in [1.54, 1.807) is 0 Å². The van der Waals surface area contributed by atoms with Crippen molar-refractivity contribution < 1.29 is 31.8 Å². The highest BCUT2D eigenvalue weighted by atomic mass is 32.3. The van der Waals surface area contributed by atoms with Gasteiger partial charge in [0.15, 0.2) is 0 Å². The van der Waals surface area contributed by atoms with Gasteiger partial charge < -0.3 is 8.92 Å². The highest BCUT2D eigenvalue weighted by Crippen LogP contribution is 2.16. The van der Waals surface area contributed by atoms with Gasteiger partial charge in [-0.05, 0) is 23.8 Å². The molecule has 0 fully saturated rings. The lowest BCUT2D eigenvalue weighted by molar-refractivity contribution is -0.141. The molecule has 0 aliphatic heterocycles. The Hall–Kier alpha value is -2.06. The fourth-order valence-electron chi connectivity index (χ4n) is 1.09. The molecule has 0 saturated heterocycles. The normalized spacial score (nSPS) is 12.0. The smallest absolute Gasteiger partial charge is 0.446 e. The number of methoxy groups -OCH3 is 1. The first-order valence-electron chi connectivity index (χ1n) is 4.56. The van der Waals surface area contributed by atoms with Crippen LogP contribution in [0, 0.1) is 0 Å². The molecule has 1 rings (SSSR count). The second-order valence-corrected chi connectivity index (χ2v) is 4.10. The zero-order valence-electron chi connectivity index (χ0n) is 9.19. The summed E-state index contributed by atoms with van der Waals surface area (Å²) >= 11 is 0. The van der Waals surface area contributed by atoms with Crippen molar-refractivity contribution in [3.05, 3.63) is 35.6 Å². The average Bonchev–Trinajstić information content (AvgIpc) is 2.25. The number of benzene rings is 1. The third-order valence-electron chi connectivity index (χ3n) is 1.80. The van der Waals surface area contributed by atoms with Gasteiger partial charge >= 0.3 is 16.4 Å². The van der Waals surface area contributed by atoms with Crippen LogP contribution in [0.15, 0.2) is 30.0 Å². The molecule has 0 spiro atoms. The molecule has 18 heavy (non-hydrogen) atoms. The molecule has 0 bridgehead atoms. The summed E-state index contributed by atoms with van der Waals surface area (Å²) in [5.41, 5.74) is 0.429. The molecule has 8 heteroatoms. The fraction of sp³-hybridized carbons (Fsp3) is 0.100. The van der Waals surface area contributed by atoms with Crippen molar-refractivity contribution in [3.8, 4) is 5.75 Å². The fourth-order valence-corrected chi connectivity index (χ4v) is 1.45. The zero-order chi connectivity index (χ0) is 13.8. The lowest BCUT2D eigenvalue weighted by Crippen LogP contribution is -2.06. The molecule has 1 aromatic carbocycles. The quantitative estimate of drug-likeness (QED) is 0.483. The van der Waals surface area contributed by atoms with E-state index in [9.17, 15) is 18.3 Å². The van der Waals surface area contributed by atoms with Gasteiger partial charge in [-0.1, -0.05) is 12.1 Å². The number of hydrogen-bond donors (Lipinski definition) is 1. The molecule has 0 atom stereocenters. The first kappa shape index (κ1) is 14.0. The Labute approximate surface area is 103 Å². The predicted molar refractivity (Wildman–Crippen MR) is 59.3 cm³/mol. The summed E-state index contributed by atoms with van der Waals surface area (Å²) in [7, 11) is -3.40. The zero-order valence-corrected chi connectivity index (χ0v) is 10.0. The first-order chi connectivity index (χ1) is 8.31. The summed E-state index contributed by atoms with van der Waals surface area (Å²) in [4.78, 5) is 10.5. The summed E-state index contributed by atoms with van der Waals surface area (Å²) < 4.78 is 38.0. The maximum absolute atomic E-state index is 10.5. The minimum Gasteiger partial charge on any atom is -0.490 e. The van der Waals surface area contributed by atoms with Crippen LogP contribution in [-0.2, 0) is 25.0 Å². The van der Waals surface area contributed by atoms with Crippen LogP contribution in [0.3, 0.4) is 0 Å². The van der Waals surface area contributed by atoms with E-state index in [0.717, 1.165) is 0 Å². The van der Waals surface area contributed by atoms with Crippen LogP contribution in [0.25, 0.3) is 6.08 Å². The standard InChI is InChI=1S/C10H9O7S/c1-16-9(10(11)12)6-7-2-4-8(5-3-7)17-18(13,14)15/h2-6H,1H3,(H,13,14,15). The van der Waals surface area contributed by atoms with Gasteiger partial charge in [-0.15, -0.1) is 0 Å². The Balaban J connectivity index is 2.93. The van der Waals surface area contributed by atoms with E-state index in [0.29, 0.717) is 5.56 Å². The van der Waals surface area contributed by atoms with Crippen molar-refractivity contribution in [2.75, 3.05) is 7.11 Å². The molecule has 0 aromatic heterocycles. The second-order valence-electron chi connectivity index (χ2n) is 3.08. The van der Waals surface area contributed by atoms with Gasteiger partial charge in [0.25, 0.3) is 0 Å². The monoisotopic (exact) mass is 273 g/mol. The Morgan fingerprint density at radius 3 is 2.22 bits per heavy atom. The molecule has 0 amide bonds. The van der Waals surface area contributed by atoms with E-state index in [1.165, 1.54) is 37.5 Å². The van der Waals surface area contributed by atoms with E-state index in [4.69, 9.17) is 4.55 Å². The van der Waals surface area contributed by atoms with Gasteiger partial charge in [0.2, 0.25) is 5.76 Å². The first-order valence-corrected chi connectivity index (χ1v) is 5.92. The average molecular weight is 273 g/mol. The largest absolute Gasteiger partial charge is 0.490 e. The van der Waals surface area contributed by atoms with E-state index in [-0.39, 0.29) is 11.5 Å². The molecular formula is C10H9O7S. The molecule has 97 valence electrons. The maximum atomic E-state index is 10.5. The molecular weight excluding hydrogens is 264 g/mol. The minimum absolute atomic E-state index is 0.109. The summed E-state index contributed by atoms with van der Waals surface area (Å²) in [6.45, 7) is 0. The topological polar surface area (TPSA) is 110 Å². The van der Waals surface area contributed by atoms with Crippen LogP contribution in [0.1, 0.15) is 5.56 Å². The maximum Gasteiger partial charge on any atom is 0.446 e. The van der Waals surface area contributed by atoms with Crippen molar-refractivity contribution in [1.29, 1.82) is 0 Å². The van der Waals surface area contributed by atoms with Crippen molar-refractivity contribution in [2.24, 2.45) is 0 Å². The second kappa shape index (κ2) is 5.52. The van der Waals surface area contributed by atoms with Crippen molar-refractivity contribution in [1.82, 2.24) is 0 Å². The lowest BCUT2D eigenvalue weighted by Gasteiger charge is -2.02. The summed E-state index contributed by atoms with van der Waals surface area (Å²) in [5.74, 6) is -1.96. The van der Waals surface area contributed by atoms with Gasteiger partial charge in [-0.25, -0.2) is 9.90 Å². The summed E-state index contributed by atoms with van der Waals surface area (Å²) in [5, 5.41) is 10.5. The van der Waals surface area contributed by atoms with Crippen LogP contribution >= 0.6 is 0 Å². The molecule has 0 unspecified atom stereocenters. The van der Waals surface area contributed by atoms with Gasteiger partial charge in [0.05, 0.1) is 7.11 Å². The molecule has 1 N–H and O–H groups in total. The third kappa shape index (κ3) is 4.44. The molecule has 1 aromatic rings. The van der Waals surface area contributed by atoms with Crippen molar-refractivity contribution >= 4 is 22.4 Å². The summed E-state index contributed by atoms with van der Waals surface area (Å²) in [6, 6.07) is 5.23. The number of rotatable bonds is 5. The Morgan fingerprint density at radius 1 is 1.28 bits per heavy atom. The van der Waals surface area contributed by atoms with E-state index in [2.05, 4.69) is 8.92 Å². The van der Waals surface area contributed by atoms with Crippen LogP contribution in [0.2, 0.25) is 0 Å². The Bertz CT molecular complexity index is 556. The van der Waals surface area contributed by atoms with Crippen LogP contribution < -0.4 is 4.18 Å². The van der Waals surface area contributed by atoms with Gasteiger partial charge in [0.1, 0.15) is 5.75 Å². The van der Waals surface area contributed by atoms with Crippen LogP contribution in [0.5, 0.6) is 5.75 Å². The van der Waals surface area contributed by atoms with Gasteiger partial charge in [0, 0.05) is 0 Å². The molecule has 0 aliphatic rings. The summed E-state index contributed by atoms with van der Waals surface area (Å²) in [6.07, 6.45) is 1.19. The van der Waals surface area contributed by atoms with Crippen LogP contribution in [0.4, 0.5) is 0 Å². The Morgan fingerprint density at radius 2 is 1.83 bits per heavy atom. The minimum atomic E-state index is -4.58. The van der Waals surface area contributed by atoms with Gasteiger partial charge in [-0.2, -0.15) is 8.42 Å². The number of ether oxygens (including phenoxy) is 1. The number of carbonyl (C=O) groups is 1.